The van der Waals surface area contributed by atoms with Gasteiger partial charge in [0.25, 0.3) is 0 Å². The van der Waals surface area contributed by atoms with Gasteiger partial charge in [0.05, 0.1) is 34.9 Å². The molecule has 0 aromatic heterocycles. The molecule has 0 aliphatic heterocycles. The molecule has 7 rings (SSSR count). The van der Waals surface area contributed by atoms with Crippen molar-refractivity contribution in [3.05, 3.63) is 240 Å². The molecule has 7 aromatic carbocycles. The molecule has 0 heterocycles. The first-order valence-corrected chi connectivity index (χ1v) is 18.7. The van der Waals surface area contributed by atoms with Gasteiger partial charge in [-0.1, -0.05) is 194 Å². The van der Waals surface area contributed by atoms with Crippen molar-refractivity contribution >= 4 is 34.6 Å². The number of hydrogen-bond acceptors (Lipinski definition) is 6. The number of aliphatic imine (C=N–C) groups is 4. The van der Waals surface area contributed by atoms with Gasteiger partial charge in [0, 0.05) is 22.3 Å². The van der Waals surface area contributed by atoms with E-state index in [0.717, 1.165) is 33.4 Å². The van der Waals surface area contributed by atoms with Crippen LogP contribution < -0.4 is 10.2 Å². The minimum absolute atomic E-state index is 0. The van der Waals surface area contributed by atoms with Crippen LogP contribution in [0.25, 0.3) is 0 Å². The molecule has 0 amide bonds. The summed E-state index contributed by atoms with van der Waals surface area (Å²) in [5.41, 5.74) is 7.42. The summed E-state index contributed by atoms with van der Waals surface area (Å²) in [4.78, 5) is 19.5. The van der Waals surface area contributed by atoms with Crippen LogP contribution in [0.5, 0.6) is 0 Å². The van der Waals surface area contributed by atoms with Gasteiger partial charge in [-0.3, -0.25) is 20.0 Å². The van der Waals surface area contributed by atoms with Crippen LogP contribution in [0.4, 0.5) is 11.4 Å². The van der Waals surface area contributed by atoms with Crippen LogP contribution in [0.1, 0.15) is 33.4 Å². The van der Waals surface area contributed by atoms with Crippen LogP contribution in [-0.4, -0.2) is 35.3 Å². The van der Waals surface area contributed by atoms with Crippen molar-refractivity contribution in [2.24, 2.45) is 20.0 Å². The van der Waals surface area contributed by atoms with Gasteiger partial charge in [-0.15, -0.1) is 0 Å². The van der Waals surface area contributed by atoms with Crippen LogP contribution in [0.3, 0.4) is 0 Å². The number of hydrogen-bond donors (Lipinski definition) is 0. The van der Waals surface area contributed by atoms with Gasteiger partial charge in [0.15, 0.2) is 0 Å². The molecule has 57 heavy (non-hydrogen) atoms. The number of benzene rings is 7. The molecule has 0 saturated heterocycles. The molecule has 0 aliphatic carbocycles. The van der Waals surface area contributed by atoms with Gasteiger partial charge in [0.2, 0.25) is 0 Å². The maximum atomic E-state index is 14.4. The fraction of sp³-hybridized carbons (Fsp3) is 0.0800. The summed E-state index contributed by atoms with van der Waals surface area (Å²) in [7, 11) is 0. The molecule has 0 fully saturated rings. The normalized spacial score (nSPS) is 12.4. The smallest absolute Gasteiger partial charge is 0.860 e. The average Bonchev–Trinajstić information content (AvgIpc) is 3.26. The third kappa shape index (κ3) is 11.0. The average molecular weight is 794 g/mol. The molecule has 0 saturated carbocycles. The van der Waals surface area contributed by atoms with E-state index in [0.29, 0.717) is 24.3 Å². The predicted molar refractivity (Wildman–Crippen MR) is 226 cm³/mol. The van der Waals surface area contributed by atoms with E-state index in [9.17, 15) is 10.2 Å². The summed E-state index contributed by atoms with van der Waals surface area (Å²) in [6.07, 6.45) is 0.667. The van der Waals surface area contributed by atoms with Crippen molar-refractivity contribution in [3.8, 4) is 0 Å². The van der Waals surface area contributed by atoms with E-state index in [1.807, 2.05) is 182 Å². The van der Waals surface area contributed by atoms with Crippen molar-refractivity contribution in [2.45, 2.75) is 24.9 Å². The molecule has 7 heteroatoms. The molecular formula is C50H40N4O2Zn. The largest absolute Gasteiger partial charge is 2.00 e. The van der Waals surface area contributed by atoms with Crippen molar-refractivity contribution < 1.29 is 29.7 Å². The number of rotatable bonds is 14. The Kier molecular flexibility index (Phi) is 14.3. The topological polar surface area (TPSA) is 95.6 Å². The fourth-order valence-corrected chi connectivity index (χ4v) is 6.42. The Morgan fingerprint density at radius 2 is 0.596 bits per heavy atom. The molecule has 0 radical (unpaired) electrons. The second-order valence-electron chi connectivity index (χ2n) is 13.2. The van der Waals surface area contributed by atoms with E-state index in [1.165, 1.54) is 0 Å². The first-order chi connectivity index (χ1) is 27.6. The summed E-state index contributed by atoms with van der Waals surface area (Å²) >= 11 is 0. The van der Waals surface area contributed by atoms with Gasteiger partial charge in [-0.2, -0.15) is 0 Å². The van der Waals surface area contributed by atoms with E-state index < -0.39 is 23.9 Å². The second-order valence-corrected chi connectivity index (χ2v) is 13.2. The molecule has 0 aliphatic rings. The summed E-state index contributed by atoms with van der Waals surface area (Å²) in [5.74, 6) is -0.884. The van der Waals surface area contributed by atoms with Gasteiger partial charge >= 0.3 is 19.5 Å². The molecule has 0 unspecified atom stereocenters. The van der Waals surface area contributed by atoms with Crippen LogP contribution in [-0.2, 0) is 32.3 Å². The van der Waals surface area contributed by atoms with Gasteiger partial charge in [0.1, 0.15) is 0 Å². The van der Waals surface area contributed by atoms with Gasteiger partial charge in [-0.25, -0.2) is 0 Å². The van der Waals surface area contributed by atoms with Crippen molar-refractivity contribution in [3.63, 3.8) is 0 Å². The summed E-state index contributed by atoms with van der Waals surface area (Å²) in [6, 6.07) is 64.2. The Bertz CT molecular complexity index is 2170. The van der Waals surface area contributed by atoms with Crippen LogP contribution in [0.15, 0.2) is 226 Å². The quantitative estimate of drug-likeness (QED) is 0.0626. The maximum absolute atomic E-state index is 14.4. The Morgan fingerprint density at radius 1 is 0.351 bits per heavy atom. The van der Waals surface area contributed by atoms with Crippen molar-refractivity contribution in [2.75, 3.05) is 0 Å². The Hall–Kier alpha value is -6.56. The molecule has 0 bridgehead atoms. The van der Waals surface area contributed by atoms with E-state index >= 15 is 0 Å². The molecule has 2 atom stereocenters. The Balaban J connectivity index is 0.00000549. The third-order valence-corrected chi connectivity index (χ3v) is 9.22. The molecule has 0 spiro atoms. The van der Waals surface area contributed by atoms with Crippen LogP contribution >= 0.6 is 0 Å². The van der Waals surface area contributed by atoms with E-state index in [-0.39, 0.29) is 30.9 Å². The monoisotopic (exact) mass is 792 g/mol. The molecule has 274 valence electrons. The summed E-state index contributed by atoms with van der Waals surface area (Å²) in [5, 5.41) is 28.7. The van der Waals surface area contributed by atoms with Crippen molar-refractivity contribution in [1.82, 2.24) is 0 Å². The summed E-state index contributed by atoms with van der Waals surface area (Å²) in [6.45, 7) is 0. The Morgan fingerprint density at radius 3 is 0.877 bits per heavy atom. The number of nitrogens with zero attached hydrogens (tertiary/aromatic N) is 4. The predicted octanol–water partition coefficient (Wildman–Crippen LogP) is 8.76. The first kappa shape index (κ1) is 40.1. The van der Waals surface area contributed by atoms with E-state index in [2.05, 4.69) is 9.98 Å². The van der Waals surface area contributed by atoms with Crippen molar-refractivity contribution in [1.29, 1.82) is 0 Å². The van der Waals surface area contributed by atoms with Crippen LogP contribution in [0, 0.1) is 0 Å². The van der Waals surface area contributed by atoms with E-state index in [4.69, 9.17) is 9.98 Å². The van der Waals surface area contributed by atoms with E-state index in [1.54, 1.807) is 24.3 Å². The number of para-hydroxylation sites is 2. The standard InChI is InChI=1S/C50H42N4O2.Zn/c55-49(45(35-37-21-7-1-8-22-37)51-47(39-25-11-3-12-26-39)40-27-13-4-14-28-40)53-43-33-19-20-34-44(43)54-50(56)46(36-38-23-9-2-10-24-38)52-48(41-29-15-5-16-30-41)42-31-17-6-18-32-42;/h1-34,45-46H,35-36H2,(H,53,55)(H,54,56);/q;+2/p-2/t45-,46-;/m0./s1. The fourth-order valence-electron chi connectivity index (χ4n) is 6.42. The molecular weight excluding hydrogens is 754 g/mol. The minimum Gasteiger partial charge on any atom is -0.860 e. The zero-order valence-electron chi connectivity index (χ0n) is 31.5. The first-order valence-electron chi connectivity index (χ1n) is 18.7. The molecule has 0 N–H and O–H groups in total. The van der Waals surface area contributed by atoms with Gasteiger partial charge < -0.3 is 10.2 Å². The zero-order chi connectivity index (χ0) is 38.4. The zero-order valence-corrected chi connectivity index (χ0v) is 34.5. The second kappa shape index (κ2) is 20.4. The van der Waals surface area contributed by atoms with Gasteiger partial charge in [-0.05, 0) is 47.9 Å². The third-order valence-electron chi connectivity index (χ3n) is 9.22. The van der Waals surface area contributed by atoms with Crippen LogP contribution in [0.2, 0.25) is 0 Å². The SMILES string of the molecule is [O-]C(=Nc1ccccc1N=C([O-])[C@H](Cc1ccccc1)N=C(c1ccccc1)c1ccccc1)[C@H](Cc1ccccc1)N=C(c1ccccc1)c1ccccc1.[Zn+2]. The molecule has 7 aromatic rings. The molecule has 6 nitrogen and oxygen atoms in total. The summed E-state index contributed by atoms with van der Waals surface area (Å²) < 4.78 is 0. The minimum atomic E-state index is -0.855. The maximum Gasteiger partial charge on any atom is 2.00 e. The Labute approximate surface area is 347 Å².